The van der Waals surface area contributed by atoms with E-state index in [1.54, 1.807) is 11.3 Å². The van der Waals surface area contributed by atoms with E-state index in [0.717, 1.165) is 25.9 Å². The van der Waals surface area contributed by atoms with Gasteiger partial charge in [-0.3, -0.25) is 4.90 Å². The summed E-state index contributed by atoms with van der Waals surface area (Å²) < 4.78 is 0. The first-order valence-corrected chi connectivity index (χ1v) is 7.78. The Balaban J connectivity index is 2.13. The minimum absolute atomic E-state index is 0.182. The van der Waals surface area contributed by atoms with Crippen LogP contribution in [0.5, 0.6) is 0 Å². The fraction of sp³-hybridized carbons (Fsp3) is 0.714. The number of nitrogens with two attached hydrogens (primary N) is 1. The summed E-state index contributed by atoms with van der Waals surface area (Å²) in [4.78, 5) is 3.84. The minimum atomic E-state index is 0.182. The lowest BCUT2D eigenvalue weighted by atomic mass is 9.94. The van der Waals surface area contributed by atoms with E-state index in [1.807, 2.05) is 0 Å². The molecule has 4 heteroatoms. The Kier molecular flexibility index (Phi) is 5.18. The molecule has 1 aromatic rings. The molecule has 1 saturated heterocycles. The number of likely N-dealkylation sites (tertiary alicyclic amines) is 1. The molecule has 2 rings (SSSR count). The average molecular weight is 268 g/mol. The second-order valence-electron chi connectivity index (χ2n) is 5.22. The highest BCUT2D eigenvalue weighted by Gasteiger charge is 2.30. The molecule has 0 aliphatic carbocycles. The Morgan fingerprint density at radius 3 is 3.06 bits per heavy atom. The Labute approximate surface area is 114 Å². The van der Waals surface area contributed by atoms with Crippen molar-refractivity contribution in [2.75, 3.05) is 19.7 Å². The van der Waals surface area contributed by atoms with Crippen molar-refractivity contribution in [2.24, 2.45) is 11.7 Å². The average Bonchev–Trinajstić information content (AvgIpc) is 2.93. The standard InChI is InChI=1S/C14H24N2OS/c1-2-12(15)14(13-6-4-8-18-13)16-7-3-5-11(9-16)10-17/h4,6,8,11-12,14,17H,2-3,5,7,9-10,15H2,1H3. The van der Waals surface area contributed by atoms with Gasteiger partial charge in [0.2, 0.25) is 0 Å². The number of hydrogen-bond acceptors (Lipinski definition) is 4. The van der Waals surface area contributed by atoms with Crippen molar-refractivity contribution in [1.29, 1.82) is 0 Å². The predicted octanol–water partition coefficient (Wildman–Crippen LogP) is 2.23. The van der Waals surface area contributed by atoms with Gasteiger partial charge in [0.1, 0.15) is 0 Å². The van der Waals surface area contributed by atoms with Gasteiger partial charge in [0.25, 0.3) is 0 Å². The summed E-state index contributed by atoms with van der Waals surface area (Å²) >= 11 is 1.79. The largest absolute Gasteiger partial charge is 0.396 e. The fourth-order valence-corrected chi connectivity index (χ4v) is 3.78. The highest BCUT2D eigenvalue weighted by molar-refractivity contribution is 7.10. The zero-order chi connectivity index (χ0) is 13.0. The van der Waals surface area contributed by atoms with Gasteiger partial charge in [-0.25, -0.2) is 0 Å². The molecule has 3 N–H and O–H groups in total. The molecule has 1 aromatic heterocycles. The van der Waals surface area contributed by atoms with Crippen molar-refractivity contribution >= 4 is 11.3 Å². The first-order chi connectivity index (χ1) is 8.76. The van der Waals surface area contributed by atoms with Crippen LogP contribution < -0.4 is 5.73 Å². The van der Waals surface area contributed by atoms with E-state index >= 15 is 0 Å². The van der Waals surface area contributed by atoms with Crippen LogP contribution in [0.2, 0.25) is 0 Å². The number of aliphatic hydroxyl groups excluding tert-OH is 1. The summed E-state index contributed by atoms with van der Waals surface area (Å²) in [7, 11) is 0. The monoisotopic (exact) mass is 268 g/mol. The van der Waals surface area contributed by atoms with Gasteiger partial charge >= 0.3 is 0 Å². The SMILES string of the molecule is CCC(N)C(c1cccs1)N1CCCC(CO)C1. The summed E-state index contributed by atoms with van der Waals surface area (Å²) in [5.41, 5.74) is 6.33. The van der Waals surface area contributed by atoms with E-state index < -0.39 is 0 Å². The molecule has 102 valence electrons. The van der Waals surface area contributed by atoms with Gasteiger partial charge in [-0.1, -0.05) is 13.0 Å². The number of hydrogen-bond donors (Lipinski definition) is 2. The van der Waals surface area contributed by atoms with Gasteiger partial charge in [0.15, 0.2) is 0 Å². The van der Waals surface area contributed by atoms with E-state index in [1.165, 1.54) is 11.3 Å². The molecule has 0 aromatic carbocycles. The summed E-state index contributed by atoms with van der Waals surface area (Å²) in [6.07, 6.45) is 3.30. The van der Waals surface area contributed by atoms with E-state index in [4.69, 9.17) is 5.73 Å². The number of rotatable bonds is 5. The third-order valence-electron chi connectivity index (χ3n) is 3.91. The van der Waals surface area contributed by atoms with Crippen LogP contribution in [0.15, 0.2) is 17.5 Å². The smallest absolute Gasteiger partial charge is 0.0593 e. The highest BCUT2D eigenvalue weighted by Crippen LogP contribution is 2.32. The summed E-state index contributed by atoms with van der Waals surface area (Å²) in [6.45, 7) is 4.54. The van der Waals surface area contributed by atoms with Gasteiger partial charge in [0, 0.05) is 24.1 Å². The van der Waals surface area contributed by atoms with Gasteiger partial charge in [-0.05, 0) is 43.2 Å². The van der Waals surface area contributed by atoms with Crippen molar-refractivity contribution in [1.82, 2.24) is 4.90 Å². The van der Waals surface area contributed by atoms with Crippen molar-refractivity contribution in [2.45, 2.75) is 38.3 Å². The van der Waals surface area contributed by atoms with Crippen molar-refractivity contribution in [3.8, 4) is 0 Å². The van der Waals surface area contributed by atoms with Gasteiger partial charge < -0.3 is 10.8 Å². The van der Waals surface area contributed by atoms with Gasteiger partial charge in [-0.15, -0.1) is 11.3 Å². The summed E-state index contributed by atoms with van der Waals surface area (Å²) in [5, 5.41) is 11.5. The third-order valence-corrected chi connectivity index (χ3v) is 4.86. The molecular weight excluding hydrogens is 244 g/mol. The lowest BCUT2D eigenvalue weighted by Crippen LogP contribution is -2.45. The zero-order valence-electron chi connectivity index (χ0n) is 11.1. The Morgan fingerprint density at radius 1 is 1.61 bits per heavy atom. The zero-order valence-corrected chi connectivity index (χ0v) is 11.9. The van der Waals surface area contributed by atoms with Crippen molar-refractivity contribution in [3.05, 3.63) is 22.4 Å². The van der Waals surface area contributed by atoms with Gasteiger partial charge in [-0.2, -0.15) is 0 Å². The number of aliphatic hydroxyl groups is 1. The molecule has 0 amide bonds. The molecule has 18 heavy (non-hydrogen) atoms. The molecule has 3 nitrogen and oxygen atoms in total. The molecule has 2 heterocycles. The van der Waals surface area contributed by atoms with Crippen molar-refractivity contribution < 1.29 is 5.11 Å². The topological polar surface area (TPSA) is 49.5 Å². The predicted molar refractivity (Wildman–Crippen MR) is 76.7 cm³/mol. The van der Waals surface area contributed by atoms with Crippen LogP contribution in [-0.2, 0) is 0 Å². The normalized spacial score (nSPS) is 24.9. The summed E-state index contributed by atoms with van der Waals surface area (Å²) in [5.74, 6) is 0.422. The Morgan fingerprint density at radius 2 is 2.44 bits per heavy atom. The van der Waals surface area contributed by atoms with Crippen LogP contribution in [-0.4, -0.2) is 35.7 Å². The molecule has 1 fully saturated rings. The lowest BCUT2D eigenvalue weighted by Gasteiger charge is -2.39. The summed E-state index contributed by atoms with van der Waals surface area (Å²) in [6, 6.07) is 4.79. The first-order valence-electron chi connectivity index (χ1n) is 6.90. The van der Waals surface area contributed by atoms with Crippen LogP contribution in [0.3, 0.4) is 0 Å². The van der Waals surface area contributed by atoms with E-state index in [9.17, 15) is 5.11 Å². The Bertz CT molecular complexity index is 342. The fourth-order valence-electron chi connectivity index (χ4n) is 2.84. The Hall–Kier alpha value is -0.420. The third kappa shape index (κ3) is 3.12. The number of piperidine rings is 1. The molecule has 3 atom stereocenters. The van der Waals surface area contributed by atoms with Crippen LogP contribution >= 0.6 is 11.3 Å². The molecule has 1 aliphatic rings. The lowest BCUT2D eigenvalue weighted by molar-refractivity contribution is 0.0777. The van der Waals surface area contributed by atoms with E-state index in [2.05, 4.69) is 29.3 Å². The number of nitrogens with zero attached hydrogens (tertiary/aromatic N) is 1. The highest BCUT2D eigenvalue weighted by atomic mass is 32.1. The molecule has 0 radical (unpaired) electrons. The molecule has 0 bridgehead atoms. The van der Waals surface area contributed by atoms with Gasteiger partial charge in [0.05, 0.1) is 6.04 Å². The maximum Gasteiger partial charge on any atom is 0.0593 e. The van der Waals surface area contributed by atoms with Crippen LogP contribution in [0.1, 0.15) is 37.1 Å². The molecular formula is C14H24N2OS. The molecule has 0 saturated carbocycles. The first kappa shape index (κ1) is 14.0. The van der Waals surface area contributed by atoms with Crippen LogP contribution in [0, 0.1) is 5.92 Å². The van der Waals surface area contributed by atoms with E-state index in [-0.39, 0.29) is 6.04 Å². The van der Waals surface area contributed by atoms with E-state index in [0.29, 0.717) is 18.6 Å². The second kappa shape index (κ2) is 6.66. The molecule has 1 aliphatic heterocycles. The maximum absolute atomic E-state index is 9.36. The molecule has 3 unspecified atom stereocenters. The quantitative estimate of drug-likeness (QED) is 0.861. The van der Waals surface area contributed by atoms with Crippen LogP contribution in [0.25, 0.3) is 0 Å². The minimum Gasteiger partial charge on any atom is -0.396 e. The molecule has 0 spiro atoms. The number of thiophene rings is 1. The maximum atomic E-state index is 9.36. The van der Waals surface area contributed by atoms with Crippen LogP contribution in [0.4, 0.5) is 0 Å². The van der Waals surface area contributed by atoms with Crippen molar-refractivity contribution in [3.63, 3.8) is 0 Å². The second-order valence-corrected chi connectivity index (χ2v) is 6.20.